The van der Waals surface area contributed by atoms with E-state index in [0.717, 1.165) is 24.9 Å². The van der Waals surface area contributed by atoms with Crippen molar-refractivity contribution in [2.24, 2.45) is 5.73 Å². The van der Waals surface area contributed by atoms with Crippen molar-refractivity contribution in [3.8, 4) is 0 Å². The Kier molecular flexibility index (Phi) is 12.9. The molecular weight excluding hydrogens is 508 g/mol. The summed E-state index contributed by atoms with van der Waals surface area (Å²) in [5.74, 6) is 0.00858. The second kappa shape index (κ2) is 16.9. The fourth-order valence-electron chi connectivity index (χ4n) is 4.85. The molecule has 1 unspecified atom stereocenters. The lowest BCUT2D eigenvalue weighted by molar-refractivity contribution is 0.0916. The van der Waals surface area contributed by atoms with Crippen LogP contribution in [0.25, 0.3) is 0 Å². The number of pyridine rings is 1. The molecule has 0 spiro atoms. The van der Waals surface area contributed by atoms with Crippen LogP contribution >= 0.6 is 0 Å². The molecule has 41 heavy (non-hydrogen) atoms. The quantitative estimate of drug-likeness (QED) is 0.198. The van der Waals surface area contributed by atoms with Crippen LogP contribution in [0, 0.1) is 0 Å². The number of Topliss-reactive ketones (excluding diaryl/α,β-unsaturated/α-hetero) is 1. The van der Waals surface area contributed by atoms with Crippen molar-refractivity contribution in [1.29, 1.82) is 0 Å². The highest BCUT2D eigenvalue weighted by molar-refractivity contribution is 5.94. The van der Waals surface area contributed by atoms with Crippen LogP contribution in [0.2, 0.25) is 0 Å². The standard InChI is InChI=1S/C28H35N3O.C7H7NO/c1-3-18-31(27(23-13-7-5-8-14-23)24-15-9-6-10-16-24)26(4-2)21-30-28(32)25-17-11-12-22(19-25)20-29;1-6(9)7-3-2-4-8-5-7/h5-17,19,26-27H,3-4,18,20-21,29H2,1-2H3,(H,30,32);2-5H,1H3. The lowest BCUT2D eigenvalue weighted by Gasteiger charge is -2.38. The van der Waals surface area contributed by atoms with Gasteiger partial charge in [0.2, 0.25) is 0 Å². The number of rotatable bonds is 12. The van der Waals surface area contributed by atoms with Crippen LogP contribution in [-0.2, 0) is 6.54 Å². The Morgan fingerprint density at radius 3 is 1.98 bits per heavy atom. The van der Waals surface area contributed by atoms with Crippen molar-refractivity contribution in [2.75, 3.05) is 13.1 Å². The second-order valence-electron chi connectivity index (χ2n) is 9.94. The van der Waals surface area contributed by atoms with E-state index in [1.807, 2.05) is 24.3 Å². The Labute approximate surface area is 244 Å². The summed E-state index contributed by atoms with van der Waals surface area (Å²) < 4.78 is 0. The Morgan fingerprint density at radius 2 is 1.49 bits per heavy atom. The van der Waals surface area contributed by atoms with Crippen LogP contribution in [0.1, 0.15) is 77.1 Å². The third-order valence-corrected chi connectivity index (χ3v) is 6.98. The molecule has 0 fully saturated rings. The van der Waals surface area contributed by atoms with Crippen LogP contribution in [0.3, 0.4) is 0 Å². The van der Waals surface area contributed by atoms with Crippen LogP contribution in [-0.4, -0.2) is 40.7 Å². The highest BCUT2D eigenvalue weighted by Gasteiger charge is 2.27. The monoisotopic (exact) mass is 550 g/mol. The van der Waals surface area contributed by atoms with Gasteiger partial charge >= 0.3 is 0 Å². The lowest BCUT2D eigenvalue weighted by atomic mass is 9.94. The molecule has 1 aromatic heterocycles. The van der Waals surface area contributed by atoms with Gasteiger partial charge in [-0.1, -0.05) is 86.6 Å². The maximum Gasteiger partial charge on any atom is 0.251 e. The summed E-state index contributed by atoms with van der Waals surface area (Å²) in [4.78, 5) is 29.8. The topological polar surface area (TPSA) is 88.3 Å². The van der Waals surface area contributed by atoms with Crippen LogP contribution in [0.4, 0.5) is 0 Å². The van der Waals surface area contributed by atoms with Crippen molar-refractivity contribution >= 4 is 11.7 Å². The molecule has 4 rings (SSSR count). The minimum absolute atomic E-state index is 0.0498. The molecular formula is C35H42N4O2. The number of ketones is 1. The average Bonchev–Trinajstić information content (AvgIpc) is 3.03. The summed E-state index contributed by atoms with van der Waals surface area (Å²) in [5.41, 5.74) is 10.6. The molecule has 0 radical (unpaired) electrons. The number of carbonyl (C=O) groups is 2. The number of nitrogens with two attached hydrogens (primary N) is 1. The summed E-state index contributed by atoms with van der Waals surface area (Å²) in [7, 11) is 0. The predicted molar refractivity (Wildman–Crippen MR) is 167 cm³/mol. The molecule has 1 atom stereocenters. The third kappa shape index (κ3) is 9.48. The molecule has 0 aliphatic rings. The highest BCUT2D eigenvalue weighted by Crippen LogP contribution is 2.31. The Morgan fingerprint density at radius 1 is 0.854 bits per heavy atom. The van der Waals surface area contributed by atoms with Gasteiger partial charge in [-0.05, 0) is 67.3 Å². The van der Waals surface area contributed by atoms with Crippen molar-refractivity contribution in [2.45, 2.75) is 52.2 Å². The molecule has 6 heteroatoms. The smallest absolute Gasteiger partial charge is 0.251 e. The van der Waals surface area contributed by atoms with Crippen molar-refractivity contribution in [3.05, 3.63) is 137 Å². The average molecular weight is 551 g/mol. The number of nitrogens with one attached hydrogen (secondary N) is 1. The van der Waals surface area contributed by atoms with Gasteiger partial charge in [0.1, 0.15) is 0 Å². The SMILES string of the molecule is CC(=O)c1cccnc1.CCCN(C(CC)CNC(=O)c1cccc(CN)c1)C(c1ccccc1)c1ccccc1. The molecule has 0 saturated heterocycles. The number of hydrogen-bond donors (Lipinski definition) is 2. The zero-order valence-electron chi connectivity index (χ0n) is 24.4. The summed E-state index contributed by atoms with van der Waals surface area (Å²) in [6, 6.07) is 32.7. The van der Waals surface area contributed by atoms with Gasteiger partial charge in [0.25, 0.3) is 5.91 Å². The van der Waals surface area contributed by atoms with Gasteiger partial charge < -0.3 is 11.1 Å². The van der Waals surface area contributed by atoms with E-state index in [1.165, 1.54) is 18.1 Å². The first-order valence-corrected chi connectivity index (χ1v) is 14.3. The normalized spacial score (nSPS) is 11.5. The number of nitrogens with zero attached hydrogens (tertiary/aromatic N) is 2. The van der Waals surface area contributed by atoms with E-state index in [1.54, 1.807) is 24.5 Å². The molecule has 4 aromatic rings. The lowest BCUT2D eigenvalue weighted by Crippen LogP contribution is -2.46. The molecule has 3 aromatic carbocycles. The molecule has 0 bridgehead atoms. The summed E-state index contributed by atoms with van der Waals surface area (Å²) in [6.07, 6.45) is 5.19. The number of carbonyl (C=O) groups excluding carboxylic acids is 2. The number of benzene rings is 3. The number of aromatic nitrogens is 1. The van der Waals surface area contributed by atoms with Gasteiger partial charge in [-0.15, -0.1) is 0 Å². The second-order valence-corrected chi connectivity index (χ2v) is 9.94. The van der Waals surface area contributed by atoms with E-state index in [2.05, 4.69) is 89.7 Å². The Bertz CT molecular complexity index is 1290. The number of hydrogen-bond acceptors (Lipinski definition) is 5. The summed E-state index contributed by atoms with van der Waals surface area (Å²) in [5, 5.41) is 3.18. The van der Waals surface area contributed by atoms with Crippen LogP contribution < -0.4 is 11.1 Å². The zero-order valence-corrected chi connectivity index (χ0v) is 24.4. The van der Waals surface area contributed by atoms with Crippen molar-refractivity contribution in [1.82, 2.24) is 15.2 Å². The van der Waals surface area contributed by atoms with Crippen molar-refractivity contribution < 1.29 is 9.59 Å². The van der Waals surface area contributed by atoms with Gasteiger partial charge in [0.15, 0.2) is 5.78 Å². The Hall–Kier alpha value is -4.13. The van der Waals surface area contributed by atoms with E-state index in [0.29, 0.717) is 24.2 Å². The van der Waals surface area contributed by atoms with E-state index in [4.69, 9.17) is 5.73 Å². The first-order chi connectivity index (χ1) is 20.0. The first kappa shape index (κ1) is 31.4. The molecule has 0 aliphatic heterocycles. The minimum Gasteiger partial charge on any atom is -0.350 e. The van der Waals surface area contributed by atoms with Gasteiger partial charge in [-0.25, -0.2) is 0 Å². The van der Waals surface area contributed by atoms with Gasteiger partial charge in [-0.3, -0.25) is 19.5 Å². The molecule has 6 nitrogen and oxygen atoms in total. The first-order valence-electron chi connectivity index (χ1n) is 14.3. The fraction of sp³-hybridized carbons (Fsp3) is 0.286. The zero-order chi connectivity index (χ0) is 29.5. The maximum absolute atomic E-state index is 12.9. The predicted octanol–water partition coefficient (Wildman–Crippen LogP) is 6.44. The van der Waals surface area contributed by atoms with Gasteiger partial charge in [-0.2, -0.15) is 0 Å². The van der Waals surface area contributed by atoms with Crippen LogP contribution in [0.15, 0.2) is 109 Å². The van der Waals surface area contributed by atoms with E-state index in [9.17, 15) is 9.59 Å². The van der Waals surface area contributed by atoms with Gasteiger partial charge in [0, 0.05) is 42.7 Å². The largest absolute Gasteiger partial charge is 0.350 e. The van der Waals surface area contributed by atoms with E-state index in [-0.39, 0.29) is 23.8 Å². The van der Waals surface area contributed by atoms with E-state index >= 15 is 0 Å². The number of amides is 1. The van der Waals surface area contributed by atoms with E-state index < -0.39 is 0 Å². The van der Waals surface area contributed by atoms with Crippen molar-refractivity contribution in [3.63, 3.8) is 0 Å². The third-order valence-electron chi connectivity index (χ3n) is 6.98. The molecule has 1 heterocycles. The van der Waals surface area contributed by atoms with Crippen LogP contribution in [0.5, 0.6) is 0 Å². The Balaban J connectivity index is 0.000000436. The maximum atomic E-state index is 12.9. The summed E-state index contributed by atoms with van der Waals surface area (Å²) >= 11 is 0. The summed E-state index contributed by atoms with van der Waals surface area (Å²) in [6.45, 7) is 7.91. The molecule has 3 N–H and O–H groups in total. The minimum atomic E-state index is -0.0498. The van der Waals surface area contributed by atoms with Gasteiger partial charge in [0.05, 0.1) is 6.04 Å². The fourth-order valence-corrected chi connectivity index (χ4v) is 4.85. The highest BCUT2D eigenvalue weighted by atomic mass is 16.1. The molecule has 214 valence electrons. The molecule has 1 amide bonds. The molecule has 0 saturated carbocycles. The molecule has 0 aliphatic carbocycles.